The predicted octanol–water partition coefficient (Wildman–Crippen LogP) is 2.84. The first-order valence-corrected chi connectivity index (χ1v) is 6.42. The normalized spacial score (nSPS) is 11.3. The predicted molar refractivity (Wildman–Crippen MR) is 76.2 cm³/mol. The van der Waals surface area contributed by atoms with Gasteiger partial charge in [0.2, 0.25) is 0 Å². The quantitative estimate of drug-likeness (QED) is 0.296. The molecule has 2 aromatic carbocycles. The number of nitrogens with two attached hydrogens (primary N) is 1. The molecule has 0 unspecified atom stereocenters. The summed E-state index contributed by atoms with van der Waals surface area (Å²) in [4.78, 5) is 12.0. The Morgan fingerprint density at radius 2 is 1.95 bits per heavy atom. The summed E-state index contributed by atoms with van der Waals surface area (Å²) in [5, 5.41) is 22.6. The molecule has 6 nitrogen and oxygen atoms in total. The van der Waals surface area contributed by atoms with Crippen LogP contribution >= 0.6 is 11.8 Å². The molecule has 0 spiro atoms. The van der Waals surface area contributed by atoms with E-state index in [1.165, 1.54) is 17.8 Å². The highest BCUT2D eigenvalue weighted by Gasteiger charge is 2.17. The molecule has 0 heterocycles. The average Bonchev–Trinajstić information content (AvgIpc) is 2.47. The van der Waals surface area contributed by atoms with Gasteiger partial charge in [-0.2, -0.15) is 0 Å². The molecule has 0 aromatic heterocycles. The minimum absolute atomic E-state index is 0.0806. The van der Waals surface area contributed by atoms with E-state index in [-0.39, 0.29) is 11.5 Å². The number of hydrogen-bond donors (Lipinski definition) is 2. The topological polar surface area (TPSA) is 102 Å². The average molecular weight is 289 g/mol. The second-order valence-electron chi connectivity index (χ2n) is 3.84. The lowest BCUT2D eigenvalue weighted by atomic mass is 10.2. The molecule has 0 aliphatic rings. The number of hydrogen-bond acceptors (Lipinski definition) is 5. The number of nitro groups is 1. The fraction of sp³-hybridized carbons (Fsp3) is 0. The summed E-state index contributed by atoms with van der Waals surface area (Å²) >= 11 is 1.29. The second-order valence-corrected chi connectivity index (χ2v) is 4.96. The molecule has 0 bridgehead atoms. The van der Waals surface area contributed by atoms with Gasteiger partial charge in [-0.3, -0.25) is 10.1 Å². The number of rotatable bonds is 4. The number of benzene rings is 2. The van der Waals surface area contributed by atoms with Crippen molar-refractivity contribution in [2.24, 2.45) is 10.9 Å². The van der Waals surface area contributed by atoms with Crippen LogP contribution in [0.25, 0.3) is 0 Å². The van der Waals surface area contributed by atoms with E-state index >= 15 is 0 Å². The van der Waals surface area contributed by atoms with Crippen LogP contribution in [0.4, 0.5) is 5.69 Å². The summed E-state index contributed by atoms with van der Waals surface area (Å²) in [6.07, 6.45) is 0. The van der Waals surface area contributed by atoms with Crippen LogP contribution in [-0.2, 0) is 0 Å². The molecule has 20 heavy (non-hydrogen) atoms. The molecule has 7 heteroatoms. The summed E-state index contributed by atoms with van der Waals surface area (Å²) in [6, 6.07) is 13.8. The first-order chi connectivity index (χ1) is 9.61. The van der Waals surface area contributed by atoms with Gasteiger partial charge in [0, 0.05) is 16.5 Å². The Kier molecular flexibility index (Phi) is 4.21. The summed E-state index contributed by atoms with van der Waals surface area (Å²) in [5.74, 6) is -0.163. The third-order valence-corrected chi connectivity index (χ3v) is 3.60. The van der Waals surface area contributed by atoms with E-state index in [1.807, 2.05) is 30.3 Å². The molecule has 0 aliphatic heterocycles. The molecule has 0 aliphatic carbocycles. The molecule has 0 saturated heterocycles. The van der Waals surface area contributed by atoms with Gasteiger partial charge < -0.3 is 10.9 Å². The van der Waals surface area contributed by atoms with Crippen molar-refractivity contribution >= 4 is 23.3 Å². The molecule has 2 rings (SSSR count). The first-order valence-electron chi connectivity index (χ1n) is 5.61. The van der Waals surface area contributed by atoms with Gasteiger partial charge in [0.15, 0.2) is 5.84 Å². The lowest BCUT2D eigenvalue weighted by Gasteiger charge is -2.05. The molecule has 3 N–H and O–H groups in total. The molecule has 0 saturated carbocycles. The van der Waals surface area contributed by atoms with E-state index in [2.05, 4.69) is 5.16 Å². The molecule has 0 fully saturated rings. The fourth-order valence-corrected chi connectivity index (χ4v) is 2.50. The van der Waals surface area contributed by atoms with Crippen LogP contribution in [0, 0.1) is 10.1 Å². The minimum Gasteiger partial charge on any atom is -0.409 e. The summed E-state index contributed by atoms with van der Waals surface area (Å²) < 4.78 is 0. The Balaban J connectivity index is 2.41. The highest BCUT2D eigenvalue weighted by molar-refractivity contribution is 7.99. The number of amidine groups is 1. The van der Waals surface area contributed by atoms with Gasteiger partial charge in [-0.25, -0.2) is 0 Å². The molecule has 0 radical (unpaired) electrons. The Morgan fingerprint density at radius 1 is 1.25 bits per heavy atom. The zero-order valence-corrected chi connectivity index (χ0v) is 11.1. The highest BCUT2D eigenvalue weighted by atomic mass is 32.2. The van der Waals surface area contributed by atoms with Crippen LogP contribution in [0.5, 0.6) is 0 Å². The van der Waals surface area contributed by atoms with E-state index in [0.717, 1.165) is 4.90 Å². The van der Waals surface area contributed by atoms with Crippen LogP contribution in [-0.4, -0.2) is 16.0 Å². The van der Waals surface area contributed by atoms with Crippen molar-refractivity contribution in [2.45, 2.75) is 9.79 Å². The van der Waals surface area contributed by atoms with Gasteiger partial charge in [-0.15, -0.1) is 0 Å². The summed E-state index contributed by atoms with van der Waals surface area (Å²) in [6.45, 7) is 0. The molecular weight excluding hydrogens is 278 g/mol. The van der Waals surface area contributed by atoms with Gasteiger partial charge in [0.1, 0.15) is 0 Å². The van der Waals surface area contributed by atoms with E-state index in [0.29, 0.717) is 10.5 Å². The van der Waals surface area contributed by atoms with E-state index in [4.69, 9.17) is 10.9 Å². The summed E-state index contributed by atoms with van der Waals surface area (Å²) in [7, 11) is 0. The van der Waals surface area contributed by atoms with Crippen molar-refractivity contribution in [1.82, 2.24) is 0 Å². The Morgan fingerprint density at radius 3 is 2.55 bits per heavy atom. The van der Waals surface area contributed by atoms with Crippen molar-refractivity contribution in [2.75, 3.05) is 0 Å². The Bertz CT molecular complexity index is 659. The molecule has 102 valence electrons. The van der Waals surface area contributed by atoms with E-state index in [1.54, 1.807) is 12.1 Å². The standard InChI is InChI=1S/C13H11N3O3S/c14-13(15-17)9-6-7-12(11(8-9)16(18)19)20-10-4-2-1-3-5-10/h1-8,17H,(H2,14,15). The maximum atomic E-state index is 11.1. The van der Waals surface area contributed by atoms with Crippen LogP contribution in [0.2, 0.25) is 0 Å². The Hall–Kier alpha value is -2.54. The van der Waals surface area contributed by atoms with Crippen LogP contribution in [0.15, 0.2) is 63.5 Å². The lowest BCUT2D eigenvalue weighted by molar-refractivity contribution is -0.387. The zero-order chi connectivity index (χ0) is 14.5. The minimum atomic E-state index is -0.487. The first kappa shape index (κ1) is 13.9. The van der Waals surface area contributed by atoms with Crippen molar-refractivity contribution in [3.63, 3.8) is 0 Å². The molecular formula is C13H11N3O3S. The number of oxime groups is 1. The monoisotopic (exact) mass is 289 g/mol. The van der Waals surface area contributed by atoms with Gasteiger partial charge in [0.25, 0.3) is 5.69 Å². The van der Waals surface area contributed by atoms with Gasteiger partial charge in [-0.1, -0.05) is 35.1 Å². The maximum Gasteiger partial charge on any atom is 0.283 e. The highest BCUT2D eigenvalue weighted by Crippen LogP contribution is 2.35. The van der Waals surface area contributed by atoms with Gasteiger partial charge >= 0.3 is 0 Å². The maximum absolute atomic E-state index is 11.1. The van der Waals surface area contributed by atoms with Gasteiger partial charge in [-0.05, 0) is 24.3 Å². The molecule has 0 amide bonds. The Labute approximate surface area is 119 Å². The number of nitro benzene ring substituents is 1. The van der Waals surface area contributed by atoms with Gasteiger partial charge in [0.05, 0.1) is 9.82 Å². The van der Waals surface area contributed by atoms with Crippen molar-refractivity contribution < 1.29 is 10.1 Å². The third-order valence-electron chi connectivity index (χ3n) is 2.53. The van der Waals surface area contributed by atoms with Crippen LogP contribution in [0.1, 0.15) is 5.56 Å². The molecule has 2 aromatic rings. The van der Waals surface area contributed by atoms with Crippen LogP contribution in [0.3, 0.4) is 0 Å². The second kappa shape index (κ2) is 6.07. The lowest BCUT2D eigenvalue weighted by Crippen LogP contribution is -2.13. The van der Waals surface area contributed by atoms with E-state index < -0.39 is 4.92 Å². The molecule has 0 atom stereocenters. The smallest absolute Gasteiger partial charge is 0.283 e. The zero-order valence-electron chi connectivity index (χ0n) is 10.3. The van der Waals surface area contributed by atoms with Crippen molar-refractivity contribution in [1.29, 1.82) is 0 Å². The van der Waals surface area contributed by atoms with Crippen molar-refractivity contribution in [3.8, 4) is 0 Å². The fourth-order valence-electron chi connectivity index (χ4n) is 1.58. The SMILES string of the molecule is NC(=NO)c1ccc(Sc2ccccc2)c([N+](=O)[O-])c1. The van der Waals surface area contributed by atoms with Crippen molar-refractivity contribution in [3.05, 3.63) is 64.2 Å². The largest absolute Gasteiger partial charge is 0.409 e. The van der Waals surface area contributed by atoms with Crippen LogP contribution < -0.4 is 5.73 Å². The summed E-state index contributed by atoms with van der Waals surface area (Å²) in [5.41, 5.74) is 5.66. The van der Waals surface area contributed by atoms with E-state index in [9.17, 15) is 10.1 Å². The number of nitrogens with zero attached hydrogens (tertiary/aromatic N) is 2. The third kappa shape index (κ3) is 3.07.